The Morgan fingerprint density at radius 3 is 1.80 bits per heavy atom. The van der Waals surface area contributed by atoms with E-state index in [0.717, 1.165) is 16.8 Å². The van der Waals surface area contributed by atoms with Gasteiger partial charge in [-0.3, -0.25) is 4.72 Å². The molecule has 0 atom stereocenters. The average molecular weight is 354 g/mol. The molecule has 0 spiro atoms. The van der Waals surface area contributed by atoms with E-state index in [0.29, 0.717) is 5.82 Å². The molecule has 25 heavy (non-hydrogen) atoms. The fourth-order valence-corrected chi connectivity index (χ4v) is 3.15. The molecule has 1 aromatic heterocycles. The van der Waals surface area contributed by atoms with E-state index in [1.165, 1.54) is 0 Å². The van der Waals surface area contributed by atoms with E-state index in [-0.39, 0.29) is 10.7 Å². The number of hydrogen-bond donors (Lipinski definition) is 2. The summed E-state index contributed by atoms with van der Waals surface area (Å²) < 4.78 is 27.1. The van der Waals surface area contributed by atoms with Gasteiger partial charge in [0.2, 0.25) is 0 Å². The highest BCUT2D eigenvalue weighted by Gasteiger charge is 2.14. The Morgan fingerprint density at radius 2 is 1.24 bits per heavy atom. The lowest BCUT2D eigenvalue weighted by Crippen LogP contribution is -2.14. The normalized spacial score (nSPS) is 11.1. The molecule has 0 fully saturated rings. The predicted molar refractivity (Wildman–Crippen MR) is 98.5 cm³/mol. The summed E-state index contributed by atoms with van der Waals surface area (Å²) in [6.07, 6.45) is 0. The fourth-order valence-electron chi connectivity index (χ4n) is 2.15. The number of anilines is 3. The van der Waals surface area contributed by atoms with Crippen molar-refractivity contribution in [2.45, 2.75) is 18.7 Å². The zero-order valence-electron chi connectivity index (χ0n) is 13.9. The highest BCUT2D eigenvalue weighted by molar-refractivity contribution is 7.92. The third-order valence-corrected chi connectivity index (χ3v) is 4.93. The number of benzene rings is 2. The van der Waals surface area contributed by atoms with Gasteiger partial charge in [0, 0.05) is 5.69 Å². The molecule has 0 unspecified atom stereocenters. The van der Waals surface area contributed by atoms with Gasteiger partial charge in [-0.05, 0) is 50.2 Å². The molecule has 6 nitrogen and oxygen atoms in total. The minimum Gasteiger partial charge on any atom is -0.339 e. The van der Waals surface area contributed by atoms with Gasteiger partial charge < -0.3 is 5.32 Å². The standard InChI is InChI=1S/C18H18N4O2S/c1-13-3-7-15(8-4-13)19-17-11-12-18(21-20-17)22-25(23,24)16-9-5-14(2)6-10-16/h3-12H,1-2H3,(H,19,20)(H,21,22). The summed E-state index contributed by atoms with van der Waals surface area (Å²) in [5.41, 5.74) is 3.04. The topological polar surface area (TPSA) is 84.0 Å². The first-order valence-corrected chi connectivity index (χ1v) is 9.18. The van der Waals surface area contributed by atoms with E-state index in [4.69, 9.17) is 0 Å². The first-order valence-electron chi connectivity index (χ1n) is 7.69. The van der Waals surface area contributed by atoms with E-state index in [1.54, 1.807) is 36.4 Å². The van der Waals surface area contributed by atoms with Crippen LogP contribution in [0, 0.1) is 13.8 Å². The first kappa shape index (κ1) is 16.9. The van der Waals surface area contributed by atoms with Crippen molar-refractivity contribution in [2.75, 3.05) is 10.0 Å². The summed E-state index contributed by atoms with van der Waals surface area (Å²) in [7, 11) is -3.68. The summed E-state index contributed by atoms with van der Waals surface area (Å²) in [5.74, 6) is 0.692. The maximum absolute atomic E-state index is 12.3. The van der Waals surface area contributed by atoms with Crippen molar-refractivity contribution in [3.05, 3.63) is 71.8 Å². The van der Waals surface area contributed by atoms with Gasteiger partial charge in [0.15, 0.2) is 11.6 Å². The maximum atomic E-state index is 12.3. The van der Waals surface area contributed by atoms with Gasteiger partial charge in [-0.2, -0.15) is 0 Å². The molecule has 0 amide bonds. The lowest BCUT2D eigenvalue weighted by atomic mass is 10.2. The third-order valence-electron chi connectivity index (χ3n) is 3.56. The van der Waals surface area contributed by atoms with Gasteiger partial charge in [-0.15, -0.1) is 10.2 Å². The lowest BCUT2D eigenvalue weighted by Gasteiger charge is -2.08. The van der Waals surface area contributed by atoms with E-state index < -0.39 is 10.0 Å². The Balaban J connectivity index is 1.71. The Morgan fingerprint density at radius 1 is 0.720 bits per heavy atom. The Bertz CT molecular complexity index is 951. The molecule has 0 saturated heterocycles. The number of aryl methyl sites for hydroxylation is 2. The van der Waals surface area contributed by atoms with Crippen LogP contribution in [-0.4, -0.2) is 18.6 Å². The molecule has 2 N–H and O–H groups in total. The van der Waals surface area contributed by atoms with Gasteiger partial charge in [0.05, 0.1) is 4.90 Å². The van der Waals surface area contributed by atoms with Crippen molar-refractivity contribution < 1.29 is 8.42 Å². The average Bonchev–Trinajstić information content (AvgIpc) is 2.59. The highest BCUT2D eigenvalue weighted by Crippen LogP contribution is 2.18. The lowest BCUT2D eigenvalue weighted by molar-refractivity contribution is 0.601. The Hall–Kier alpha value is -2.93. The molecule has 0 aliphatic carbocycles. The van der Waals surface area contributed by atoms with Gasteiger partial charge in [0.1, 0.15) is 0 Å². The smallest absolute Gasteiger partial charge is 0.263 e. The van der Waals surface area contributed by atoms with Gasteiger partial charge in [0.25, 0.3) is 10.0 Å². The zero-order chi connectivity index (χ0) is 17.9. The van der Waals surface area contributed by atoms with Gasteiger partial charge in [-0.25, -0.2) is 8.42 Å². The van der Waals surface area contributed by atoms with Crippen molar-refractivity contribution >= 4 is 27.3 Å². The number of hydrogen-bond acceptors (Lipinski definition) is 5. The number of sulfonamides is 1. The largest absolute Gasteiger partial charge is 0.339 e. The van der Waals surface area contributed by atoms with Gasteiger partial charge >= 0.3 is 0 Å². The molecule has 128 valence electrons. The van der Waals surface area contributed by atoms with Crippen LogP contribution in [0.15, 0.2) is 65.6 Å². The van der Waals surface area contributed by atoms with Crippen molar-refractivity contribution in [3.63, 3.8) is 0 Å². The minimum atomic E-state index is -3.68. The van der Waals surface area contributed by atoms with E-state index >= 15 is 0 Å². The molecule has 0 saturated carbocycles. The molecule has 0 radical (unpaired) electrons. The minimum absolute atomic E-state index is 0.162. The van der Waals surface area contributed by atoms with Crippen LogP contribution >= 0.6 is 0 Å². The van der Waals surface area contributed by atoms with E-state index in [9.17, 15) is 8.42 Å². The molecular weight excluding hydrogens is 336 g/mol. The molecule has 7 heteroatoms. The number of aromatic nitrogens is 2. The van der Waals surface area contributed by atoms with Gasteiger partial charge in [-0.1, -0.05) is 35.4 Å². The quantitative estimate of drug-likeness (QED) is 0.731. The Kier molecular flexibility index (Phi) is 4.67. The second-order valence-corrected chi connectivity index (χ2v) is 7.40. The molecule has 0 aliphatic heterocycles. The third kappa shape index (κ3) is 4.33. The number of nitrogens with zero attached hydrogens (tertiary/aromatic N) is 2. The summed E-state index contributed by atoms with van der Waals surface area (Å²) in [6, 6.07) is 17.7. The monoisotopic (exact) mass is 354 g/mol. The van der Waals surface area contributed by atoms with Crippen molar-refractivity contribution in [3.8, 4) is 0 Å². The second kappa shape index (κ2) is 6.90. The Labute approximate surface area is 147 Å². The molecule has 2 aromatic carbocycles. The predicted octanol–water partition coefficient (Wildman–Crippen LogP) is 3.64. The van der Waals surface area contributed by atoms with Crippen LogP contribution in [0.5, 0.6) is 0 Å². The van der Waals surface area contributed by atoms with Crippen LogP contribution in [-0.2, 0) is 10.0 Å². The number of nitrogens with one attached hydrogen (secondary N) is 2. The molecule has 3 aromatic rings. The van der Waals surface area contributed by atoms with Crippen LogP contribution in [0.25, 0.3) is 0 Å². The summed E-state index contributed by atoms with van der Waals surface area (Å²) >= 11 is 0. The molecular formula is C18H18N4O2S. The number of rotatable bonds is 5. The highest BCUT2D eigenvalue weighted by atomic mass is 32.2. The summed E-state index contributed by atoms with van der Waals surface area (Å²) in [6.45, 7) is 3.91. The van der Waals surface area contributed by atoms with Crippen LogP contribution in [0.2, 0.25) is 0 Å². The van der Waals surface area contributed by atoms with Crippen LogP contribution in [0.4, 0.5) is 17.3 Å². The molecule has 1 heterocycles. The summed E-state index contributed by atoms with van der Waals surface area (Å²) in [5, 5.41) is 11.0. The maximum Gasteiger partial charge on any atom is 0.263 e. The van der Waals surface area contributed by atoms with Crippen molar-refractivity contribution in [1.82, 2.24) is 10.2 Å². The van der Waals surface area contributed by atoms with Crippen LogP contribution < -0.4 is 10.0 Å². The van der Waals surface area contributed by atoms with Crippen LogP contribution in [0.1, 0.15) is 11.1 Å². The van der Waals surface area contributed by atoms with E-state index in [2.05, 4.69) is 20.2 Å². The van der Waals surface area contributed by atoms with Crippen LogP contribution in [0.3, 0.4) is 0 Å². The van der Waals surface area contributed by atoms with E-state index in [1.807, 2.05) is 38.1 Å². The van der Waals surface area contributed by atoms with Crippen molar-refractivity contribution in [1.29, 1.82) is 0 Å². The van der Waals surface area contributed by atoms with Crippen molar-refractivity contribution in [2.24, 2.45) is 0 Å². The summed E-state index contributed by atoms with van der Waals surface area (Å²) in [4.78, 5) is 0.182. The SMILES string of the molecule is Cc1ccc(Nc2ccc(NS(=O)(=O)c3ccc(C)cc3)nn2)cc1. The fraction of sp³-hybridized carbons (Fsp3) is 0.111. The molecule has 3 rings (SSSR count). The molecule has 0 bridgehead atoms. The first-order chi connectivity index (χ1) is 11.9. The second-order valence-electron chi connectivity index (χ2n) is 5.71. The molecule has 0 aliphatic rings. The zero-order valence-corrected chi connectivity index (χ0v) is 14.7.